The molecular weight excluding hydrogens is 418 g/mol. The summed E-state index contributed by atoms with van der Waals surface area (Å²) < 4.78 is 5.37. The van der Waals surface area contributed by atoms with Crippen molar-refractivity contribution in [3.05, 3.63) is 71.9 Å². The number of aromatic amines is 1. The van der Waals surface area contributed by atoms with Gasteiger partial charge in [-0.05, 0) is 60.7 Å². The van der Waals surface area contributed by atoms with Crippen LogP contribution in [0.3, 0.4) is 0 Å². The third-order valence-corrected chi connectivity index (χ3v) is 7.68. The summed E-state index contributed by atoms with van der Waals surface area (Å²) in [5.41, 5.74) is 4.50. The summed E-state index contributed by atoms with van der Waals surface area (Å²) in [6.07, 6.45) is 4.85. The lowest BCUT2D eigenvalue weighted by Gasteiger charge is -2.09. The Morgan fingerprint density at radius 1 is 1.00 bits per heavy atom. The molecule has 0 fully saturated rings. The Bertz CT molecular complexity index is 1010. The fourth-order valence-electron chi connectivity index (χ4n) is 2.91. The highest BCUT2D eigenvalue weighted by Gasteiger charge is 2.09. The summed E-state index contributed by atoms with van der Waals surface area (Å²) >= 11 is 5.56. The maximum Gasteiger partial charge on any atom is 0.166 e. The van der Waals surface area contributed by atoms with Gasteiger partial charge in [-0.2, -0.15) is 11.8 Å². The predicted molar refractivity (Wildman–Crippen MR) is 125 cm³/mol. The van der Waals surface area contributed by atoms with Crippen molar-refractivity contribution >= 4 is 46.3 Å². The van der Waals surface area contributed by atoms with Crippen LogP contribution in [0, 0.1) is 6.92 Å². The fourth-order valence-corrected chi connectivity index (χ4v) is 5.86. The predicted octanol–water partition coefficient (Wildman–Crippen LogP) is 6.57. The molecule has 150 valence electrons. The van der Waals surface area contributed by atoms with Crippen molar-refractivity contribution in [3.63, 3.8) is 0 Å². The van der Waals surface area contributed by atoms with E-state index in [1.807, 2.05) is 60.1 Å². The molecule has 0 spiro atoms. The van der Waals surface area contributed by atoms with Crippen molar-refractivity contribution in [2.45, 2.75) is 34.9 Å². The number of furan rings is 1. The molecule has 0 saturated heterocycles. The van der Waals surface area contributed by atoms with E-state index in [1.165, 1.54) is 16.9 Å². The Hall–Kier alpha value is -1.83. The number of para-hydroxylation sites is 2. The Labute approximate surface area is 183 Å². The summed E-state index contributed by atoms with van der Waals surface area (Å²) in [6.45, 7) is 2.18. The number of hydrogen-bond acceptors (Lipinski definition) is 6. The molecule has 0 bridgehead atoms. The minimum Gasteiger partial charge on any atom is -0.468 e. The van der Waals surface area contributed by atoms with Crippen LogP contribution in [0.4, 0.5) is 0 Å². The van der Waals surface area contributed by atoms with Gasteiger partial charge < -0.3 is 9.40 Å². The Morgan fingerprint density at radius 3 is 2.79 bits per heavy atom. The number of rotatable bonds is 10. The van der Waals surface area contributed by atoms with E-state index in [2.05, 4.69) is 34.0 Å². The molecule has 0 aliphatic heterocycles. The summed E-state index contributed by atoms with van der Waals surface area (Å²) in [7, 11) is 0. The molecule has 7 heteroatoms. The van der Waals surface area contributed by atoms with E-state index in [4.69, 9.17) is 4.42 Å². The van der Waals surface area contributed by atoms with E-state index in [-0.39, 0.29) is 0 Å². The standard InChI is InChI=1S/C22H23N3OS3/c1-16-20(15-29-22-24-18-7-2-3-8-19(18)25-22)23-10-9-21(16)28-13-5-12-27-14-17-6-4-11-26-17/h2-4,6-11H,5,12-15H2,1H3,(H,24,25). The second-order valence-corrected chi connectivity index (χ2v) is 9.77. The Kier molecular flexibility index (Phi) is 7.24. The number of nitrogens with zero attached hydrogens (tertiary/aromatic N) is 2. The Balaban J connectivity index is 1.25. The summed E-state index contributed by atoms with van der Waals surface area (Å²) in [5.74, 6) is 5.09. The highest BCUT2D eigenvalue weighted by molar-refractivity contribution is 8.00. The van der Waals surface area contributed by atoms with Gasteiger partial charge in [0, 0.05) is 16.8 Å². The minimum atomic E-state index is 0.819. The molecule has 0 amide bonds. The van der Waals surface area contributed by atoms with Gasteiger partial charge in [0.15, 0.2) is 5.16 Å². The maximum absolute atomic E-state index is 5.37. The van der Waals surface area contributed by atoms with Gasteiger partial charge in [0.1, 0.15) is 5.76 Å². The van der Waals surface area contributed by atoms with E-state index >= 15 is 0 Å². The van der Waals surface area contributed by atoms with Crippen molar-refractivity contribution in [1.82, 2.24) is 15.0 Å². The molecule has 0 radical (unpaired) electrons. The molecule has 3 heterocycles. The topological polar surface area (TPSA) is 54.7 Å². The maximum atomic E-state index is 5.37. The van der Waals surface area contributed by atoms with Gasteiger partial charge in [-0.3, -0.25) is 4.98 Å². The van der Waals surface area contributed by atoms with Crippen LogP contribution in [0.5, 0.6) is 0 Å². The van der Waals surface area contributed by atoms with Gasteiger partial charge in [-0.25, -0.2) is 4.98 Å². The second kappa shape index (κ2) is 10.3. The molecule has 4 nitrogen and oxygen atoms in total. The highest BCUT2D eigenvalue weighted by Crippen LogP contribution is 2.29. The fraction of sp³-hybridized carbons (Fsp3) is 0.273. The molecule has 0 aliphatic carbocycles. The zero-order valence-electron chi connectivity index (χ0n) is 16.3. The molecule has 1 N–H and O–H groups in total. The van der Waals surface area contributed by atoms with Crippen molar-refractivity contribution < 1.29 is 4.42 Å². The first-order valence-corrected chi connectivity index (χ1v) is 12.7. The molecular formula is C22H23N3OS3. The van der Waals surface area contributed by atoms with Crippen LogP contribution in [0.25, 0.3) is 11.0 Å². The van der Waals surface area contributed by atoms with E-state index in [0.717, 1.165) is 50.7 Å². The average molecular weight is 442 g/mol. The van der Waals surface area contributed by atoms with Crippen molar-refractivity contribution in [2.24, 2.45) is 0 Å². The van der Waals surface area contributed by atoms with Crippen LogP contribution in [0.1, 0.15) is 23.4 Å². The van der Waals surface area contributed by atoms with E-state index in [0.29, 0.717) is 0 Å². The number of pyridine rings is 1. The van der Waals surface area contributed by atoms with Crippen LogP contribution >= 0.6 is 35.3 Å². The van der Waals surface area contributed by atoms with E-state index < -0.39 is 0 Å². The minimum absolute atomic E-state index is 0.819. The number of hydrogen-bond donors (Lipinski definition) is 1. The third kappa shape index (κ3) is 5.62. The summed E-state index contributed by atoms with van der Waals surface area (Å²) in [5, 5.41) is 0.944. The molecule has 0 unspecified atom stereocenters. The Morgan fingerprint density at radius 2 is 1.93 bits per heavy atom. The number of benzene rings is 1. The first-order valence-electron chi connectivity index (χ1n) is 9.54. The van der Waals surface area contributed by atoms with Gasteiger partial charge in [0.2, 0.25) is 0 Å². The molecule has 29 heavy (non-hydrogen) atoms. The largest absolute Gasteiger partial charge is 0.468 e. The number of fused-ring (bicyclic) bond motifs is 1. The molecule has 0 aliphatic rings. The van der Waals surface area contributed by atoms with Crippen LogP contribution in [0.15, 0.2) is 69.4 Å². The third-order valence-electron chi connectivity index (χ3n) is 4.49. The van der Waals surface area contributed by atoms with Gasteiger partial charge in [0.05, 0.1) is 28.7 Å². The average Bonchev–Trinajstić information content (AvgIpc) is 3.40. The van der Waals surface area contributed by atoms with Crippen LogP contribution in [-0.4, -0.2) is 26.5 Å². The van der Waals surface area contributed by atoms with Crippen molar-refractivity contribution in [3.8, 4) is 0 Å². The highest BCUT2D eigenvalue weighted by atomic mass is 32.2. The quantitative estimate of drug-likeness (QED) is 0.222. The smallest absolute Gasteiger partial charge is 0.166 e. The normalized spacial score (nSPS) is 11.3. The lowest BCUT2D eigenvalue weighted by Crippen LogP contribution is -1.95. The van der Waals surface area contributed by atoms with Crippen LogP contribution in [-0.2, 0) is 11.5 Å². The first-order chi connectivity index (χ1) is 14.3. The lowest BCUT2D eigenvalue weighted by atomic mass is 10.2. The molecule has 1 aromatic carbocycles. The molecule has 3 aromatic heterocycles. The first kappa shape index (κ1) is 20.4. The molecule has 0 saturated carbocycles. The van der Waals surface area contributed by atoms with E-state index in [9.17, 15) is 0 Å². The van der Waals surface area contributed by atoms with Gasteiger partial charge >= 0.3 is 0 Å². The van der Waals surface area contributed by atoms with Crippen LogP contribution in [0.2, 0.25) is 0 Å². The molecule has 0 atom stereocenters. The second-order valence-electron chi connectivity index (χ2n) is 6.56. The van der Waals surface area contributed by atoms with Gasteiger partial charge in [-0.15, -0.1) is 11.8 Å². The number of H-pyrrole nitrogens is 1. The monoisotopic (exact) mass is 441 g/mol. The SMILES string of the molecule is Cc1c(SCCCSCc2ccco2)ccnc1CSc1nc2ccccc2[nH]1. The van der Waals surface area contributed by atoms with Gasteiger partial charge in [0.25, 0.3) is 0 Å². The number of thioether (sulfide) groups is 3. The summed E-state index contributed by atoms with van der Waals surface area (Å²) in [4.78, 5) is 13.9. The van der Waals surface area contributed by atoms with Gasteiger partial charge in [-0.1, -0.05) is 23.9 Å². The number of aromatic nitrogens is 3. The van der Waals surface area contributed by atoms with E-state index in [1.54, 1.807) is 18.0 Å². The summed E-state index contributed by atoms with van der Waals surface area (Å²) in [6, 6.07) is 14.2. The molecule has 4 aromatic rings. The van der Waals surface area contributed by atoms with Crippen molar-refractivity contribution in [1.29, 1.82) is 0 Å². The lowest BCUT2D eigenvalue weighted by molar-refractivity contribution is 0.530. The molecule has 4 rings (SSSR count). The number of imidazole rings is 1. The zero-order chi connectivity index (χ0) is 19.9. The number of nitrogens with one attached hydrogen (secondary N) is 1. The van der Waals surface area contributed by atoms with Crippen LogP contribution < -0.4 is 0 Å². The zero-order valence-corrected chi connectivity index (χ0v) is 18.7. The van der Waals surface area contributed by atoms with Crippen molar-refractivity contribution in [2.75, 3.05) is 11.5 Å².